The number of fused-ring (bicyclic) bond motifs is 1. The zero-order valence-electron chi connectivity index (χ0n) is 10.4. The van der Waals surface area contributed by atoms with Crippen molar-refractivity contribution in [2.24, 2.45) is 21.2 Å². The first kappa shape index (κ1) is 12.1. The first-order valence-corrected chi connectivity index (χ1v) is 5.68. The third-order valence-electron chi connectivity index (χ3n) is 2.42. The molecule has 0 unspecified atom stereocenters. The van der Waals surface area contributed by atoms with Crippen LogP contribution in [0.2, 0.25) is 0 Å². The van der Waals surface area contributed by atoms with Crippen LogP contribution in [0.25, 0.3) is 10.9 Å². The van der Waals surface area contributed by atoms with Crippen LogP contribution in [-0.4, -0.2) is 16.9 Å². The van der Waals surface area contributed by atoms with Crippen molar-refractivity contribution in [3.05, 3.63) is 30.0 Å². The first-order valence-electron chi connectivity index (χ1n) is 5.68. The Bertz CT molecular complexity index is 608. The Morgan fingerprint density at radius 3 is 2.83 bits per heavy atom. The number of nitrogens with two attached hydrogens (primary N) is 2. The second-order valence-electron chi connectivity index (χ2n) is 4.29. The molecule has 94 valence electrons. The van der Waals surface area contributed by atoms with Crippen LogP contribution in [0.5, 0.6) is 0 Å². The zero-order valence-corrected chi connectivity index (χ0v) is 10.4. The second-order valence-corrected chi connectivity index (χ2v) is 4.29. The molecule has 0 bridgehead atoms. The van der Waals surface area contributed by atoms with E-state index in [1.165, 1.54) is 0 Å². The fourth-order valence-electron chi connectivity index (χ4n) is 1.58. The van der Waals surface area contributed by atoms with Gasteiger partial charge in [0.15, 0.2) is 5.84 Å². The lowest BCUT2D eigenvalue weighted by molar-refractivity contribution is 0.750. The molecule has 1 aromatic carbocycles. The highest BCUT2D eigenvalue weighted by molar-refractivity contribution is 6.03. The number of amidine groups is 1. The van der Waals surface area contributed by atoms with Crippen LogP contribution in [0.3, 0.4) is 0 Å². The van der Waals surface area contributed by atoms with Gasteiger partial charge in [-0.05, 0) is 37.3 Å². The SMILES string of the molecule is CC(C)N=NN=C(N)c1cc(N)c2[nH]ccc2c1. The zero-order chi connectivity index (χ0) is 13.1. The lowest BCUT2D eigenvalue weighted by atomic mass is 10.1. The van der Waals surface area contributed by atoms with E-state index in [9.17, 15) is 0 Å². The summed E-state index contributed by atoms with van der Waals surface area (Å²) in [7, 11) is 0. The molecule has 0 saturated carbocycles. The highest BCUT2D eigenvalue weighted by Crippen LogP contribution is 2.21. The molecule has 6 nitrogen and oxygen atoms in total. The number of nitrogens with one attached hydrogen (secondary N) is 1. The molecule has 0 saturated heterocycles. The van der Waals surface area contributed by atoms with Crippen molar-refractivity contribution < 1.29 is 0 Å². The highest BCUT2D eigenvalue weighted by atomic mass is 15.4. The number of anilines is 1. The standard InChI is InChI=1S/C12H16N6/c1-7(2)16-18-17-12(14)9-5-8-3-4-15-11(8)10(13)6-9/h3-7,15H,13H2,1-2H3,(H2,14,16,17). The normalized spacial score (nSPS) is 12.9. The number of nitrogens with zero attached hydrogens (tertiary/aromatic N) is 3. The Balaban J connectivity index is 2.35. The molecule has 6 heteroatoms. The molecule has 0 radical (unpaired) electrons. The summed E-state index contributed by atoms with van der Waals surface area (Å²) in [5, 5.41) is 12.4. The molecular formula is C12H16N6. The number of benzene rings is 1. The molecule has 5 N–H and O–H groups in total. The van der Waals surface area contributed by atoms with Crippen molar-refractivity contribution in [3.8, 4) is 0 Å². The number of nitrogen functional groups attached to an aromatic ring is 1. The minimum absolute atomic E-state index is 0.0961. The molecular weight excluding hydrogens is 228 g/mol. The topological polar surface area (TPSA) is 105 Å². The van der Waals surface area contributed by atoms with Crippen molar-refractivity contribution in [2.75, 3.05) is 5.73 Å². The number of rotatable bonds is 3. The Morgan fingerprint density at radius 1 is 1.33 bits per heavy atom. The van der Waals surface area contributed by atoms with E-state index in [4.69, 9.17) is 11.5 Å². The van der Waals surface area contributed by atoms with Gasteiger partial charge >= 0.3 is 0 Å². The summed E-state index contributed by atoms with van der Waals surface area (Å²) < 4.78 is 0. The molecule has 0 amide bonds. The average Bonchev–Trinajstić information content (AvgIpc) is 2.76. The Hall–Kier alpha value is -2.37. The van der Waals surface area contributed by atoms with Crippen LogP contribution in [0.4, 0.5) is 5.69 Å². The summed E-state index contributed by atoms with van der Waals surface area (Å²) in [5.41, 5.74) is 14.0. The summed E-state index contributed by atoms with van der Waals surface area (Å²) in [6.45, 7) is 3.83. The summed E-state index contributed by atoms with van der Waals surface area (Å²) in [6.07, 6.45) is 1.83. The van der Waals surface area contributed by atoms with E-state index in [2.05, 4.69) is 20.4 Å². The van der Waals surface area contributed by atoms with Crippen LogP contribution in [-0.2, 0) is 0 Å². The molecule has 18 heavy (non-hydrogen) atoms. The van der Waals surface area contributed by atoms with Crippen molar-refractivity contribution >= 4 is 22.4 Å². The van der Waals surface area contributed by atoms with Gasteiger partial charge in [0.1, 0.15) is 0 Å². The largest absolute Gasteiger partial charge is 0.397 e. The lowest BCUT2D eigenvalue weighted by Gasteiger charge is -2.02. The maximum Gasteiger partial charge on any atom is 0.155 e. The van der Waals surface area contributed by atoms with Crippen LogP contribution >= 0.6 is 0 Å². The van der Waals surface area contributed by atoms with E-state index in [1.807, 2.05) is 32.2 Å². The van der Waals surface area contributed by atoms with Gasteiger partial charge in [0.05, 0.1) is 17.2 Å². The maximum atomic E-state index is 5.92. The summed E-state index contributed by atoms with van der Waals surface area (Å²) in [6, 6.07) is 5.70. The average molecular weight is 244 g/mol. The van der Waals surface area contributed by atoms with E-state index >= 15 is 0 Å². The first-order chi connectivity index (χ1) is 8.58. The minimum Gasteiger partial charge on any atom is -0.397 e. The number of hydrogen-bond acceptors (Lipinski definition) is 3. The predicted molar refractivity (Wildman–Crippen MR) is 73.4 cm³/mol. The third kappa shape index (κ3) is 2.48. The van der Waals surface area contributed by atoms with Crippen LogP contribution in [0.1, 0.15) is 19.4 Å². The van der Waals surface area contributed by atoms with Crippen molar-refractivity contribution in [3.63, 3.8) is 0 Å². The molecule has 2 rings (SSSR count). The quantitative estimate of drug-likeness (QED) is 0.253. The molecule has 0 aliphatic rings. The van der Waals surface area contributed by atoms with Crippen molar-refractivity contribution in [1.29, 1.82) is 0 Å². The maximum absolute atomic E-state index is 5.92. The van der Waals surface area contributed by atoms with Crippen LogP contribution in [0.15, 0.2) is 39.8 Å². The highest BCUT2D eigenvalue weighted by Gasteiger charge is 2.05. The number of hydrogen-bond donors (Lipinski definition) is 3. The van der Waals surface area contributed by atoms with Gasteiger partial charge in [-0.3, -0.25) is 0 Å². The van der Waals surface area contributed by atoms with Gasteiger partial charge < -0.3 is 16.5 Å². The molecule has 0 atom stereocenters. The molecule has 0 aliphatic carbocycles. The van der Waals surface area contributed by atoms with E-state index in [0.717, 1.165) is 16.5 Å². The fraction of sp³-hybridized carbons (Fsp3) is 0.250. The van der Waals surface area contributed by atoms with E-state index in [1.54, 1.807) is 6.07 Å². The predicted octanol–water partition coefficient (Wildman–Crippen LogP) is 2.23. The molecule has 0 spiro atoms. The van der Waals surface area contributed by atoms with Crippen LogP contribution in [0, 0.1) is 0 Å². The van der Waals surface area contributed by atoms with Gasteiger partial charge in [-0.25, -0.2) is 0 Å². The van der Waals surface area contributed by atoms with Crippen molar-refractivity contribution in [1.82, 2.24) is 4.98 Å². The van der Waals surface area contributed by atoms with Crippen molar-refractivity contribution in [2.45, 2.75) is 19.9 Å². The van der Waals surface area contributed by atoms with Gasteiger partial charge in [0.25, 0.3) is 0 Å². The van der Waals surface area contributed by atoms with Gasteiger partial charge in [0, 0.05) is 17.1 Å². The minimum atomic E-state index is 0.0961. The molecule has 0 aliphatic heterocycles. The molecule has 0 fully saturated rings. The summed E-state index contributed by atoms with van der Waals surface area (Å²) in [5.74, 6) is 0.300. The van der Waals surface area contributed by atoms with Gasteiger partial charge in [0.2, 0.25) is 0 Å². The van der Waals surface area contributed by atoms with Gasteiger partial charge in [-0.15, -0.1) is 5.10 Å². The lowest BCUT2D eigenvalue weighted by Crippen LogP contribution is -2.13. The summed E-state index contributed by atoms with van der Waals surface area (Å²) in [4.78, 5) is 3.06. The summed E-state index contributed by atoms with van der Waals surface area (Å²) >= 11 is 0. The van der Waals surface area contributed by atoms with E-state index in [0.29, 0.717) is 11.5 Å². The fourth-order valence-corrected chi connectivity index (χ4v) is 1.58. The Labute approximate surface area is 105 Å². The van der Waals surface area contributed by atoms with Gasteiger partial charge in [-0.1, -0.05) is 0 Å². The number of H-pyrrole nitrogens is 1. The van der Waals surface area contributed by atoms with Crippen LogP contribution < -0.4 is 11.5 Å². The molecule has 1 aromatic heterocycles. The Kier molecular flexibility index (Phi) is 3.27. The Morgan fingerprint density at radius 2 is 2.11 bits per heavy atom. The van der Waals surface area contributed by atoms with E-state index in [-0.39, 0.29) is 6.04 Å². The smallest absolute Gasteiger partial charge is 0.155 e. The number of aromatic nitrogens is 1. The molecule has 2 aromatic rings. The number of aromatic amines is 1. The monoisotopic (exact) mass is 244 g/mol. The van der Waals surface area contributed by atoms with Gasteiger partial charge in [-0.2, -0.15) is 5.11 Å². The third-order valence-corrected chi connectivity index (χ3v) is 2.42. The second kappa shape index (κ2) is 4.87. The molecule has 1 heterocycles. The van der Waals surface area contributed by atoms with E-state index < -0.39 is 0 Å².